The third-order valence-electron chi connectivity index (χ3n) is 1.72. The van der Waals surface area contributed by atoms with Gasteiger partial charge in [-0.15, -0.1) is 0 Å². The topological polar surface area (TPSA) is 67.5 Å². The van der Waals surface area contributed by atoms with Crippen LogP contribution in [-0.2, 0) is 4.79 Å². The summed E-state index contributed by atoms with van der Waals surface area (Å²) in [5.74, 6) is 0.0274. The predicted octanol–water partition coefficient (Wildman–Crippen LogP) is -0.705. The van der Waals surface area contributed by atoms with Crippen molar-refractivity contribution in [2.24, 2.45) is 10.7 Å². The molecule has 11 heavy (non-hydrogen) atoms. The van der Waals surface area contributed by atoms with Gasteiger partial charge in [0.25, 0.3) is 0 Å². The minimum absolute atomic E-state index is 0.0274. The number of aliphatic imine (C=N–C) groups is 1. The minimum Gasteiger partial charge on any atom is -0.321 e. The second-order valence-electron chi connectivity index (χ2n) is 2.73. The highest BCUT2D eigenvalue weighted by Crippen LogP contribution is 1.96. The number of nitrogens with zero attached hydrogens (tertiary/aromatic N) is 1. The van der Waals surface area contributed by atoms with Crippen molar-refractivity contribution in [2.75, 3.05) is 13.2 Å². The van der Waals surface area contributed by atoms with Crippen LogP contribution < -0.4 is 11.1 Å². The minimum atomic E-state index is -0.367. The van der Waals surface area contributed by atoms with Crippen molar-refractivity contribution in [1.82, 2.24) is 5.32 Å². The molecule has 1 aliphatic heterocycles. The van der Waals surface area contributed by atoms with Crippen molar-refractivity contribution in [3.63, 3.8) is 0 Å². The Labute approximate surface area is 65.9 Å². The van der Waals surface area contributed by atoms with Crippen molar-refractivity contribution in [3.8, 4) is 0 Å². The summed E-state index contributed by atoms with van der Waals surface area (Å²) in [5.41, 5.74) is 6.55. The summed E-state index contributed by atoms with van der Waals surface area (Å²) in [5, 5.41) is 3.05. The maximum absolute atomic E-state index is 10.7. The number of Topliss-reactive ketones (excluding diaryl/α,β-unsaturated/α-hetero) is 1. The van der Waals surface area contributed by atoms with Gasteiger partial charge in [-0.25, -0.2) is 0 Å². The zero-order chi connectivity index (χ0) is 8.27. The molecule has 62 valence electrons. The Morgan fingerprint density at radius 2 is 2.64 bits per heavy atom. The maximum Gasteiger partial charge on any atom is 0.146 e. The zero-order valence-corrected chi connectivity index (χ0v) is 6.63. The molecule has 3 N–H and O–H groups in total. The van der Waals surface area contributed by atoms with E-state index in [0.717, 1.165) is 12.3 Å². The summed E-state index contributed by atoms with van der Waals surface area (Å²) in [6.07, 6.45) is 0.600. The summed E-state index contributed by atoms with van der Waals surface area (Å²) in [6, 6.07) is -0.367. The summed E-state index contributed by atoms with van der Waals surface area (Å²) < 4.78 is 0. The van der Waals surface area contributed by atoms with Gasteiger partial charge < -0.3 is 5.73 Å². The van der Waals surface area contributed by atoms with E-state index in [1.165, 1.54) is 6.92 Å². The van der Waals surface area contributed by atoms with Crippen LogP contribution in [0.25, 0.3) is 0 Å². The van der Waals surface area contributed by atoms with Crippen LogP contribution in [0.3, 0.4) is 0 Å². The van der Waals surface area contributed by atoms with Gasteiger partial charge in [0, 0.05) is 18.7 Å². The number of rotatable bonds is 3. The molecule has 0 bridgehead atoms. The molecule has 1 aliphatic rings. The molecule has 0 radical (unpaired) electrons. The molecular weight excluding hydrogens is 142 g/mol. The first-order chi connectivity index (χ1) is 5.20. The van der Waals surface area contributed by atoms with Crippen molar-refractivity contribution < 1.29 is 4.79 Å². The number of hydrogen-bond donors (Lipinski definition) is 2. The molecule has 0 aromatic carbocycles. The molecule has 0 spiro atoms. The predicted molar refractivity (Wildman–Crippen MR) is 43.6 cm³/mol. The Morgan fingerprint density at radius 3 is 3.09 bits per heavy atom. The number of carbonyl (C=O) groups excluding carboxylic acids is 1. The number of hydrogen-bond acceptors (Lipinski definition) is 4. The van der Waals surface area contributed by atoms with E-state index >= 15 is 0 Å². The number of ketones is 1. The third-order valence-corrected chi connectivity index (χ3v) is 1.72. The number of nitrogens with one attached hydrogen (secondary N) is 1. The lowest BCUT2D eigenvalue weighted by Gasteiger charge is -2.05. The largest absolute Gasteiger partial charge is 0.321 e. The highest BCUT2D eigenvalue weighted by Gasteiger charge is 2.13. The van der Waals surface area contributed by atoms with Gasteiger partial charge in [-0.3, -0.25) is 15.1 Å². The van der Waals surface area contributed by atoms with Crippen LogP contribution in [0.4, 0.5) is 0 Å². The Bertz CT molecular complexity index is 188. The molecule has 1 atom stereocenters. The summed E-state index contributed by atoms with van der Waals surface area (Å²) in [7, 11) is 0. The Kier molecular flexibility index (Phi) is 2.73. The molecule has 1 unspecified atom stereocenters. The fourth-order valence-corrected chi connectivity index (χ4v) is 0.958. The van der Waals surface area contributed by atoms with Crippen LogP contribution in [0.5, 0.6) is 0 Å². The summed E-state index contributed by atoms with van der Waals surface area (Å²) >= 11 is 0. The van der Waals surface area contributed by atoms with Crippen LogP contribution in [0, 0.1) is 0 Å². The second kappa shape index (κ2) is 3.59. The molecule has 0 saturated carbocycles. The lowest BCUT2D eigenvalue weighted by molar-refractivity contribution is -0.118. The first kappa shape index (κ1) is 8.36. The normalized spacial score (nSPS) is 19.6. The smallest absolute Gasteiger partial charge is 0.146 e. The van der Waals surface area contributed by atoms with Gasteiger partial charge in [0.2, 0.25) is 0 Å². The highest BCUT2D eigenvalue weighted by atomic mass is 16.1. The molecule has 4 heteroatoms. The molecule has 4 nitrogen and oxygen atoms in total. The maximum atomic E-state index is 10.7. The second-order valence-corrected chi connectivity index (χ2v) is 2.73. The molecule has 1 heterocycles. The fourth-order valence-electron chi connectivity index (χ4n) is 0.958. The van der Waals surface area contributed by atoms with Crippen molar-refractivity contribution >= 4 is 11.5 Å². The Hall–Kier alpha value is -0.740. The van der Waals surface area contributed by atoms with E-state index in [1.807, 2.05) is 0 Å². The lowest BCUT2D eigenvalue weighted by atomic mass is 10.1. The molecule has 0 amide bonds. The van der Waals surface area contributed by atoms with Crippen LogP contribution >= 0.6 is 0 Å². The summed E-state index contributed by atoms with van der Waals surface area (Å²) in [6.45, 7) is 2.95. The fraction of sp³-hybridized carbons (Fsp3) is 0.714. The molecule has 0 fully saturated rings. The average molecular weight is 155 g/mol. The van der Waals surface area contributed by atoms with Gasteiger partial charge in [-0.2, -0.15) is 0 Å². The van der Waals surface area contributed by atoms with Gasteiger partial charge in [0.05, 0.1) is 12.7 Å². The standard InChI is InChI=1S/C7H13N3O/c1-5(11)7(8)2-6-3-9-4-10-6/h7,9H,2-4,8H2,1H3. The van der Waals surface area contributed by atoms with E-state index in [0.29, 0.717) is 13.1 Å². The number of nitrogens with two attached hydrogens (primary N) is 1. The monoisotopic (exact) mass is 155 g/mol. The van der Waals surface area contributed by atoms with Gasteiger partial charge in [-0.05, 0) is 6.92 Å². The molecule has 0 aliphatic carbocycles. The van der Waals surface area contributed by atoms with E-state index < -0.39 is 0 Å². The van der Waals surface area contributed by atoms with Gasteiger partial charge in [-0.1, -0.05) is 0 Å². The van der Waals surface area contributed by atoms with Crippen LogP contribution in [-0.4, -0.2) is 30.8 Å². The first-order valence-corrected chi connectivity index (χ1v) is 3.69. The quantitative estimate of drug-likeness (QED) is 0.566. The average Bonchev–Trinajstić information content (AvgIpc) is 2.39. The van der Waals surface area contributed by atoms with Crippen molar-refractivity contribution in [2.45, 2.75) is 19.4 Å². The molecule has 0 saturated heterocycles. The lowest BCUT2D eigenvalue weighted by Crippen LogP contribution is -2.32. The van der Waals surface area contributed by atoms with E-state index in [4.69, 9.17) is 5.73 Å². The van der Waals surface area contributed by atoms with Crippen molar-refractivity contribution in [1.29, 1.82) is 0 Å². The van der Waals surface area contributed by atoms with Crippen LogP contribution in [0.15, 0.2) is 4.99 Å². The zero-order valence-electron chi connectivity index (χ0n) is 6.63. The van der Waals surface area contributed by atoms with Crippen molar-refractivity contribution in [3.05, 3.63) is 0 Å². The molecule has 0 aromatic rings. The highest BCUT2D eigenvalue weighted by molar-refractivity contribution is 5.93. The van der Waals surface area contributed by atoms with E-state index in [-0.39, 0.29) is 11.8 Å². The molecule has 0 aromatic heterocycles. The van der Waals surface area contributed by atoms with Gasteiger partial charge >= 0.3 is 0 Å². The number of carbonyl (C=O) groups is 1. The van der Waals surface area contributed by atoms with Gasteiger partial charge in [0.1, 0.15) is 5.78 Å². The van der Waals surface area contributed by atoms with Crippen LogP contribution in [0.1, 0.15) is 13.3 Å². The van der Waals surface area contributed by atoms with Gasteiger partial charge in [0.15, 0.2) is 0 Å². The SMILES string of the molecule is CC(=O)C(N)CC1=NCNC1. The van der Waals surface area contributed by atoms with Crippen LogP contribution in [0.2, 0.25) is 0 Å². The Morgan fingerprint density at radius 1 is 1.91 bits per heavy atom. The first-order valence-electron chi connectivity index (χ1n) is 3.69. The summed E-state index contributed by atoms with van der Waals surface area (Å²) in [4.78, 5) is 14.9. The van der Waals surface area contributed by atoms with E-state index in [9.17, 15) is 4.79 Å². The Balaban J connectivity index is 2.35. The molecular formula is C7H13N3O. The molecule has 1 rings (SSSR count). The van der Waals surface area contributed by atoms with E-state index in [1.54, 1.807) is 0 Å². The van der Waals surface area contributed by atoms with E-state index in [2.05, 4.69) is 10.3 Å². The third kappa shape index (κ3) is 2.40.